The van der Waals surface area contributed by atoms with Crippen molar-refractivity contribution in [2.45, 2.75) is 33.4 Å². The van der Waals surface area contributed by atoms with E-state index in [2.05, 4.69) is 91.8 Å². The van der Waals surface area contributed by atoms with Crippen molar-refractivity contribution in [3.63, 3.8) is 0 Å². The molecule has 1 aliphatic heterocycles. The van der Waals surface area contributed by atoms with Crippen molar-refractivity contribution in [1.29, 1.82) is 0 Å². The Morgan fingerprint density at radius 3 is 2.26 bits per heavy atom. The predicted octanol–water partition coefficient (Wildman–Crippen LogP) is 5.01. The van der Waals surface area contributed by atoms with Gasteiger partial charge in [0.1, 0.15) is 11.5 Å². The van der Waals surface area contributed by atoms with E-state index >= 15 is 0 Å². The van der Waals surface area contributed by atoms with Gasteiger partial charge >= 0.3 is 0 Å². The number of hydrogen-bond acceptors (Lipinski definition) is 2. The number of aromatic nitrogens is 2. The first-order valence-electron chi connectivity index (χ1n) is 8.03. The van der Waals surface area contributed by atoms with Crippen LogP contribution < -0.4 is 4.90 Å². The molecule has 0 N–H and O–H groups in total. The van der Waals surface area contributed by atoms with E-state index < -0.39 is 0 Å². The van der Waals surface area contributed by atoms with Crippen molar-refractivity contribution in [3.8, 4) is 11.4 Å². The van der Waals surface area contributed by atoms with Gasteiger partial charge in [-0.3, -0.25) is 0 Å². The Bertz CT molecular complexity index is 875. The smallest absolute Gasteiger partial charge is 0.144 e. The average Bonchev–Trinajstić information content (AvgIpc) is 2.85. The summed E-state index contributed by atoms with van der Waals surface area (Å²) in [6.07, 6.45) is 0. The van der Waals surface area contributed by atoms with E-state index in [0.29, 0.717) is 0 Å². The molecule has 1 aromatic heterocycles. The number of anilines is 2. The van der Waals surface area contributed by atoms with Crippen molar-refractivity contribution >= 4 is 11.4 Å². The minimum absolute atomic E-state index is 0.226. The number of imidazole rings is 1. The molecule has 1 aliphatic rings. The summed E-state index contributed by atoms with van der Waals surface area (Å²) in [5.41, 5.74) is 5.68. The van der Waals surface area contributed by atoms with E-state index in [1.54, 1.807) is 0 Å². The first-order chi connectivity index (χ1) is 11.0. The Kier molecular flexibility index (Phi) is 2.89. The maximum absolute atomic E-state index is 4.85. The fourth-order valence-electron chi connectivity index (χ4n) is 3.75. The Morgan fingerprint density at radius 1 is 0.870 bits per heavy atom. The third-order valence-corrected chi connectivity index (χ3v) is 4.84. The van der Waals surface area contributed by atoms with Gasteiger partial charge < -0.3 is 9.47 Å². The van der Waals surface area contributed by atoms with Gasteiger partial charge in [-0.15, -0.1) is 0 Å². The number of rotatable bonds is 1. The minimum atomic E-state index is -0.226. The molecule has 3 nitrogen and oxygen atoms in total. The second-order valence-electron chi connectivity index (χ2n) is 6.62. The van der Waals surface area contributed by atoms with Gasteiger partial charge in [0, 0.05) is 16.9 Å². The molecule has 0 atom stereocenters. The van der Waals surface area contributed by atoms with Crippen LogP contribution >= 0.6 is 0 Å². The van der Waals surface area contributed by atoms with E-state index in [9.17, 15) is 0 Å². The molecule has 4 rings (SSSR count). The number of fused-ring (bicyclic) bond motifs is 3. The summed E-state index contributed by atoms with van der Waals surface area (Å²) in [4.78, 5) is 7.26. The molecule has 0 aliphatic carbocycles. The number of aryl methyl sites for hydroxylation is 1. The number of para-hydroxylation sites is 2. The Balaban J connectivity index is 2.07. The van der Waals surface area contributed by atoms with Gasteiger partial charge in [-0.2, -0.15) is 0 Å². The zero-order valence-electron chi connectivity index (χ0n) is 14.0. The number of hydrogen-bond donors (Lipinski definition) is 0. The Morgan fingerprint density at radius 2 is 1.52 bits per heavy atom. The molecule has 0 fully saturated rings. The molecule has 0 spiro atoms. The van der Waals surface area contributed by atoms with Crippen LogP contribution in [0.15, 0.2) is 54.6 Å². The lowest BCUT2D eigenvalue weighted by Gasteiger charge is -2.46. The van der Waals surface area contributed by atoms with Crippen LogP contribution in [-0.4, -0.2) is 9.55 Å². The highest BCUT2D eigenvalue weighted by Gasteiger charge is 2.39. The van der Waals surface area contributed by atoms with Crippen LogP contribution in [0.1, 0.15) is 25.2 Å². The molecular weight excluding hydrogens is 282 g/mol. The van der Waals surface area contributed by atoms with Crippen molar-refractivity contribution in [2.75, 3.05) is 4.90 Å². The predicted molar refractivity (Wildman–Crippen MR) is 95.0 cm³/mol. The minimum Gasteiger partial charge on any atom is -0.317 e. The van der Waals surface area contributed by atoms with Crippen LogP contribution in [0.2, 0.25) is 0 Å². The molecule has 2 heterocycles. The maximum Gasteiger partial charge on any atom is 0.144 e. The zero-order chi connectivity index (χ0) is 16.2. The third kappa shape index (κ3) is 1.86. The SMILES string of the molecule is Cc1nc2n(c1C)C(C)(C)N(c1ccccc1)c1ccccc1-2. The fraction of sp³-hybridized carbons (Fsp3) is 0.250. The molecular formula is C20H21N3. The summed E-state index contributed by atoms with van der Waals surface area (Å²) in [5, 5.41) is 0. The molecule has 2 aromatic carbocycles. The topological polar surface area (TPSA) is 21.1 Å². The second kappa shape index (κ2) is 4.72. The monoisotopic (exact) mass is 303 g/mol. The molecule has 0 saturated carbocycles. The summed E-state index contributed by atoms with van der Waals surface area (Å²) in [6.45, 7) is 8.76. The highest BCUT2D eigenvalue weighted by Crippen LogP contribution is 2.47. The van der Waals surface area contributed by atoms with Gasteiger partial charge in [-0.1, -0.05) is 30.3 Å². The fourth-order valence-corrected chi connectivity index (χ4v) is 3.75. The summed E-state index contributed by atoms with van der Waals surface area (Å²) < 4.78 is 2.36. The normalized spacial score (nSPS) is 15.2. The lowest BCUT2D eigenvalue weighted by Crippen LogP contribution is -2.46. The maximum atomic E-state index is 4.85. The van der Waals surface area contributed by atoms with Crippen molar-refractivity contribution < 1.29 is 0 Å². The van der Waals surface area contributed by atoms with E-state index in [0.717, 1.165) is 11.5 Å². The summed E-state index contributed by atoms with van der Waals surface area (Å²) in [5.74, 6) is 1.06. The van der Waals surface area contributed by atoms with Gasteiger partial charge in [-0.25, -0.2) is 4.98 Å². The molecule has 3 heteroatoms. The summed E-state index contributed by atoms with van der Waals surface area (Å²) >= 11 is 0. The van der Waals surface area contributed by atoms with Gasteiger partial charge in [0.2, 0.25) is 0 Å². The van der Waals surface area contributed by atoms with Gasteiger partial charge in [0.15, 0.2) is 0 Å². The number of benzene rings is 2. The summed E-state index contributed by atoms with van der Waals surface area (Å²) in [7, 11) is 0. The molecule has 0 amide bonds. The molecule has 0 unspecified atom stereocenters. The molecule has 0 radical (unpaired) electrons. The van der Waals surface area contributed by atoms with Crippen molar-refractivity contribution in [1.82, 2.24) is 9.55 Å². The summed E-state index contributed by atoms with van der Waals surface area (Å²) in [6, 6.07) is 19.1. The van der Waals surface area contributed by atoms with Gasteiger partial charge in [0.05, 0.1) is 11.4 Å². The van der Waals surface area contributed by atoms with Gasteiger partial charge in [-0.05, 0) is 52.0 Å². The lowest BCUT2D eigenvalue weighted by atomic mass is 10.00. The third-order valence-electron chi connectivity index (χ3n) is 4.84. The van der Waals surface area contributed by atoms with Crippen LogP contribution in [-0.2, 0) is 5.66 Å². The standard InChI is InChI=1S/C20H21N3/c1-14-15(2)22-19(21-14)17-12-8-9-13-18(17)23(20(22,3)4)16-10-6-5-7-11-16/h5-13H,1-4H3. The van der Waals surface area contributed by atoms with E-state index in [1.165, 1.54) is 22.6 Å². The largest absolute Gasteiger partial charge is 0.317 e. The van der Waals surface area contributed by atoms with Crippen molar-refractivity contribution in [2.24, 2.45) is 0 Å². The molecule has 116 valence electrons. The first kappa shape index (κ1) is 14.1. The van der Waals surface area contributed by atoms with E-state index in [-0.39, 0.29) is 5.66 Å². The highest BCUT2D eigenvalue weighted by molar-refractivity contribution is 5.83. The second-order valence-corrected chi connectivity index (χ2v) is 6.62. The Labute approximate surface area is 137 Å². The molecule has 0 saturated heterocycles. The highest BCUT2D eigenvalue weighted by atomic mass is 15.4. The average molecular weight is 303 g/mol. The van der Waals surface area contributed by atoms with Crippen LogP contribution in [0, 0.1) is 13.8 Å². The zero-order valence-corrected chi connectivity index (χ0v) is 14.0. The van der Waals surface area contributed by atoms with Crippen molar-refractivity contribution in [3.05, 3.63) is 66.0 Å². The van der Waals surface area contributed by atoms with Crippen LogP contribution in [0.4, 0.5) is 11.4 Å². The number of nitrogens with zero attached hydrogens (tertiary/aromatic N) is 3. The molecule has 3 aromatic rings. The van der Waals surface area contributed by atoms with E-state index in [1.807, 2.05) is 0 Å². The first-order valence-corrected chi connectivity index (χ1v) is 8.03. The molecule has 23 heavy (non-hydrogen) atoms. The van der Waals surface area contributed by atoms with Crippen LogP contribution in [0.25, 0.3) is 11.4 Å². The van der Waals surface area contributed by atoms with Crippen LogP contribution in [0.3, 0.4) is 0 Å². The lowest BCUT2D eigenvalue weighted by molar-refractivity contribution is 0.354. The molecule has 0 bridgehead atoms. The van der Waals surface area contributed by atoms with Gasteiger partial charge in [0.25, 0.3) is 0 Å². The quantitative estimate of drug-likeness (QED) is 0.630. The Hall–Kier alpha value is -2.55. The van der Waals surface area contributed by atoms with E-state index in [4.69, 9.17) is 4.98 Å². The van der Waals surface area contributed by atoms with Crippen LogP contribution in [0.5, 0.6) is 0 Å².